The first kappa shape index (κ1) is 23.9. The van der Waals surface area contributed by atoms with Crippen LogP contribution < -0.4 is 9.45 Å². The molecule has 3 rings (SSSR count). The minimum atomic E-state index is -0.536. The van der Waals surface area contributed by atoms with E-state index >= 15 is 0 Å². The normalized spacial score (nSPS) is 12.5. The van der Waals surface area contributed by atoms with Gasteiger partial charge < -0.3 is 9.64 Å². The van der Waals surface area contributed by atoms with Crippen LogP contribution in [0.2, 0.25) is 0 Å². The van der Waals surface area contributed by atoms with Gasteiger partial charge >= 0.3 is 6.09 Å². The fraction of sp³-hybridized carbons (Fsp3) is 0.360. The van der Waals surface area contributed by atoms with E-state index in [9.17, 15) is 10.0 Å². The van der Waals surface area contributed by atoms with Gasteiger partial charge in [-0.2, -0.15) is 0 Å². The second kappa shape index (κ2) is 10.7. The molecule has 0 aliphatic carbocycles. The van der Waals surface area contributed by atoms with Crippen molar-refractivity contribution in [2.24, 2.45) is 0 Å². The first-order valence-corrected chi connectivity index (χ1v) is 11.6. The maximum atomic E-state index is 12.8. The molecule has 0 saturated carbocycles. The van der Waals surface area contributed by atoms with E-state index in [2.05, 4.69) is 29.8 Å². The molecule has 3 aromatic rings. The van der Waals surface area contributed by atoms with Crippen LogP contribution in [0, 0.1) is 0 Å². The van der Waals surface area contributed by atoms with Crippen LogP contribution in [0.5, 0.6) is 0 Å². The summed E-state index contributed by atoms with van der Waals surface area (Å²) >= 11 is 1.53. The smallest absolute Gasteiger partial charge is 0.410 e. The largest absolute Gasteiger partial charge is 0.444 e. The van der Waals surface area contributed by atoms with Crippen LogP contribution in [0.3, 0.4) is 0 Å². The Kier molecular flexibility index (Phi) is 7.99. The number of amides is 1. The Hall–Kier alpha value is -2.77. The second-order valence-electron chi connectivity index (χ2n) is 8.90. The van der Waals surface area contributed by atoms with Gasteiger partial charge in [0, 0.05) is 34.8 Å². The van der Waals surface area contributed by atoms with E-state index in [1.165, 1.54) is 17.5 Å². The molecule has 0 bridgehead atoms. The zero-order valence-corrected chi connectivity index (χ0v) is 19.9. The topological polar surface area (TPSA) is 65.7 Å². The van der Waals surface area contributed by atoms with E-state index in [0.29, 0.717) is 13.1 Å². The number of ether oxygens (including phenoxy) is 1. The summed E-state index contributed by atoms with van der Waals surface area (Å²) in [6, 6.07) is 18.1. The molecule has 0 aliphatic rings. The molecular formula is C25H32N3O3S+. The third-order valence-corrected chi connectivity index (χ3v) is 5.78. The molecule has 0 saturated heterocycles. The number of carbonyl (C=O) groups is 1. The highest BCUT2D eigenvalue weighted by molar-refractivity contribution is 7.97. The molecule has 2 N–H and O–H groups in total. The van der Waals surface area contributed by atoms with Gasteiger partial charge in [-0.15, -0.1) is 0 Å². The summed E-state index contributed by atoms with van der Waals surface area (Å²) in [5.74, 6) is 0. The third-order valence-electron chi connectivity index (χ3n) is 4.77. The quantitative estimate of drug-likeness (QED) is 0.290. The van der Waals surface area contributed by atoms with Crippen molar-refractivity contribution < 1.29 is 19.5 Å². The summed E-state index contributed by atoms with van der Waals surface area (Å²) in [6.07, 6.45) is 3.76. The van der Waals surface area contributed by atoms with Crippen molar-refractivity contribution in [3.05, 3.63) is 72.6 Å². The third kappa shape index (κ3) is 7.43. The Balaban J connectivity index is 1.60. The highest BCUT2D eigenvalue weighted by Crippen LogP contribution is 2.21. The van der Waals surface area contributed by atoms with E-state index in [0.717, 1.165) is 26.8 Å². The van der Waals surface area contributed by atoms with E-state index in [-0.39, 0.29) is 12.1 Å². The Bertz CT molecular complexity index is 1040. The number of nitrogens with one attached hydrogen (secondary N) is 1. The summed E-state index contributed by atoms with van der Waals surface area (Å²) in [5, 5.41) is 11.6. The number of hydrogen-bond acceptors (Lipinski definition) is 5. The molecular weight excluding hydrogens is 422 g/mol. The lowest BCUT2D eigenvalue weighted by Crippen LogP contribution is -2.44. The van der Waals surface area contributed by atoms with Crippen LogP contribution in [-0.2, 0) is 11.2 Å². The average Bonchev–Trinajstić information content (AvgIpc) is 2.74. The maximum Gasteiger partial charge on any atom is 0.410 e. The van der Waals surface area contributed by atoms with Gasteiger partial charge in [0.05, 0.1) is 5.39 Å². The average molecular weight is 455 g/mol. The van der Waals surface area contributed by atoms with Crippen LogP contribution in [0.15, 0.2) is 71.9 Å². The number of aromatic nitrogens is 1. The first-order valence-electron chi connectivity index (χ1n) is 10.8. The molecule has 2 aromatic carbocycles. The van der Waals surface area contributed by atoms with Crippen LogP contribution in [0.4, 0.5) is 4.79 Å². The van der Waals surface area contributed by atoms with Gasteiger partial charge in [-0.1, -0.05) is 30.3 Å². The van der Waals surface area contributed by atoms with Crippen molar-refractivity contribution in [1.82, 2.24) is 9.62 Å². The first-order chi connectivity index (χ1) is 15.2. The second-order valence-corrected chi connectivity index (χ2v) is 9.81. The van der Waals surface area contributed by atoms with E-state index in [4.69, 9.17) is 4.74 Å². The van der Waals surface area contributed by atoms with Crippen molar-refractivity contribution in [2.75, 3.05) is 13.1 Å². The van der Waals surface area contributed by atoms with E-state index in [1.54, 1.807) is 17.3 Å². The minimum Gasteiger partial charge on any atom is -0.444 e. The number of benzene rings is 2. The van der Waals surface area contributed by atoms with Crippen LogP contribution in [0.25, 0.3) is 10.8 Å². The lowest BCUT2D eigenvalue weighted by molar-refractivity contribution is -0.903. The fourth-order valence-corrected chi connectivity index (χ4v) is 3.98. The molecule has 1 unspecified atom stereocenters. The summed E-state index contributed by atoms with van der Waals surface area (Å²) in [6.45, 7) is 8.84. The number of hydrogen-bond donors (Lipinski definition) is 2. The molecule has 1 amide bonds. The molecule has 6 nitrogen and oxygen atoms in total. The fourth-order valence-electron chi connectivity index (χ4n) is 3.25. The number of carbonyl (C=O) groups excluding carboxylic acids is 1. The number of rotatable bonds is 8. The Morgan fingerprint density at radius 3 is 2.62 bits per heavy atom. The summed E-state index contributed by atoms with van der Waals surface area (Å²) in [7, 11) is 0. The molecule has 1 aromatic heterocycles. The lowest BCUT2D eigenvalue weighted by Gasteiger charge is -2.29. The predicted octanol–water partition coefficient (Wildman–Crippen LogP) is 4.83. The standard InChI is InChI=1S/C25H32N3O3S/c1-19(26-32-23-11-10-22-18-28(30)15-13-21(22)16-23)17-27(24(29)31-25(2,3)4)14-12-20-8-6-5-7-9-20/h5-11,13,15-16,18-19,26,30H,12,14,17H2,1-4H3/q+1. The van der Waals surface area contributed by atoms with E-state index in [1.807, 2.05) is 57.2 Å². The van der Waals surface area contributed by atoms with Gasteiger partial charge in [-0.3, -0.25) is 9.93 Å². The SMILES string of the molecule is CC(CN(CCc1ccccc1)C(=O)OC(C)(C)C)NSc1ccc2c[n+](O)ccc2c1. The van der Waals surface area contributed by atoms with Gasteiger partial charge in [0.15, 0.2) is 0 Å². The molecule has 0 spiro atoms. The van der Waals surface area contributed by atoms with Crippen LogP contribution in [-0.4, -0.2) is 40.9 Å². The van der Waals surface area contributed by atoms with Gasteiger partial charge in [0.25, 0.3) is 0 Å². The molecule has 0 fully saturated rings. The van der Waals surface area contributed by atoms with E-state index < -0.39 is 5.60 Å². The highest BCUT2D eigenvalue weighted by Gasteiger charge is 2.23. The number of pyridine rings is 1. The monoisotopic (exact) mass is 454 g/mol. The van der Waals surface area contributed by atoms with Crippen molar-refractivity contribution >= 4 is 28.8 Å². The summed E-state index contributed by atoms with van der Waals surface area (Å²) in [4.78, 5) is 15.6. The van der Waals surface area contributed by atoms with Crippen molar-refractivity contribution in [2.45, 2.75) is 50.7 Å². The highest BCUT2D eigenvalue weighted by atomic mass is 32.2. The van der Waals surface area contributed by atoms with Crippen molar-refractivity contribution in [1.29, 1.82) is 0 Å². The van der Waals surface area contributed by atoms with Crippen LogP contribution in [0.1, 0.15) is 33.3 Å². The van der Waals surface area contributed by atoms with Crippen molar-refractivity contribution in [3.63, 3.8) is 0 Å². The minimum absolute atomic E-state index is 0.0503. The molecule has 0 radical (unpaired) electrons. The molecule has 170 valence electrons. The van der Waals surface area contributed by atoms with Gasteiger partial charge in [-0.05, 0) is 75.2 Å². The molecule has 1 heterocycles. The zero-order chi connectivity index (χ0) is 23.1. The lowest BCUT2D eigenvalue weighted by atomic mass is 10.1. The molecule has 32 heavy (non-hydrogen) atoms. The van der Waals surface area contributed by atoms with Crippen LogP contribution >= 0.6 is 11.9 Å². The Morgan fingerprint density at radius 1 is 1.16 bits per heavy atom. The van der Waals surface area contributed by atoms with Gasteiger partial charge in [0.1, 0.15) is 5.60 Å². The number of nitrogens with zero attached hydrogens (tertiary/aromatic N) is 2. The summed E-state index contributed by atoms with van der Waals surface area (Å²) < 4.78 is 10.1. The Morgan fingerprint density at radius 2 is 1.91 bits per heavy atom. The molecule has 1 atom stereocenters. The molecule has 7 heteroatoms. The number of fused-ring (bicyclic) bond motifs is 1. The Labute approximate surface area is 194 Å². The molecule has 0 aliphatic heterocycles. The van der Waals surface area contributed by atoms with Crippen molar-refractivity contribution in [3.8, 4) is 0 Å². The van der Waals surface area contributed by atoms with Gasteiger partial charge in [0.2, 0.25) is 12.4 Å². The maximum absolute atomic E-state index is 12.8. The van der Waals surface area contributed by atoms with Gasteiger partial charge in [-0.25, -0.2) is 4.79 Å². The zero-order valence-electron chi connectivity index (χ0n) is 19.1. The summed E-state index contributed by atoms with van der Waals surface area (Å²) in [5.41, 5.74) is 0.655. The predicted molar refractivity (Wildman–Crippen MR) is 128 cm³/mol.